The summed E-state index contributed by atoms with van der Waals surface area (Å²) < 4.78 is 0. The first-order valence-corrected chi connectivity index (χ1v) is 4.09. The Labute approximate surface area is 82.0 Å². The normalized spacial score (nSPS) is 9.00. The number of ketones is 1. The molecule has 2 N–H and O–H groups in total. The SMILES string of the molecule is CCC(=O)CC.O=C(O)C=CC(=O)O. The van der Waals surface area contributed by atoms with Gasteiger partial charge < -0.3 is 10.2 Å². The molecule has 0 radical (unpaired) electrons. The third-order valence-electron chi connectivity index (χ3n) is 1.16. The first kappa shape index (κ1) is 14.9. The maximum atomic E-state index is 10.2. The highest BCUT2D eigenvalue weighted by atomic mass is 16.4. The van der Waals surface area contributed by atoms with Gasteiger partial charge in [0.15, 0.2) is 0 Å². The molecule has 0 aromatic rings. The van der Waals surface area contributed by atoms with Gasteiger partial charge in [-0.15, -0.1) is 0 Å². The van der Waals surface area contributed by atoms with Crippen molar-refractivity contribution in [1.82, 2.24) is 0 Å². The highest BCUT2D eigenvalue weighted by Crippen LogP contribution is 1.83. The van der Waals surface area contributed by atoms with Crippen LogP contribution in [0.4, 0.5) is 0 Å². The molecule has 0 amide bonds. The van der Waals surface area contributed by atoms with Crippen molar-refractivity contribution in [1.29, 1.82) is 0 Å². The van der Waals surface area contributed by atoms with Gasteiger partial charge in [0.05, 0.1) is 0 Å². The van der Waals surface area contributed by atoms with Gasteiger partial charge >= 0.3 is 11.9 Å². The molecule has 0 aliphatic carbocycles. The maximum absolute atomic E-state index is 10.2. The molecule has 0 aliphatic rings. The number of hydrogen-bond acceptors (Lipinski definition) is 3. The maximum Gasteiger partial charge on any atom is 0.328 e. The second kappa shape index (κ2) is 9.44. The molecule has 0 unspecified atom stereocenters. The smallest absolute Gasteiger partial charge is 0.328 e. The highest BCUT2D eigenvalue weighted by Gasteiger charge is 1.88. The molecule has 0 bridgehead atoms. The minimum absolute atomic E-state index is 0.343. The van der Waals surface area contributed by atoms with Gasteiger partial charge in [-0.25, -0.2) is 9.59 Å². The zero-order chi connectivity index (χ0) is 11.6. The van der Waals surface area contributed by atoms with Gasteiger partial charge in [0.25, 0.3) is 0 Å². The van der Waals surface area contributed by atoms with Gasteiger partial charge in [-0.05, 0) is 0 Å². The van der Waals surface area contributed by atoms with Crippen LogP contribution in [-0.4, -0.2) is 27.9 Å². The van der Waals surface area contributed by atoms with E-state index in [-0.39, 0.29) is 0 Å². The zero-order valence-electron chi connectivity index (χ0n) is 8.19. The number of hydrogen-bond donors (Lipinski definition) is 2. The summed E-state index contributed by atoms with van der Waals surface area (Å²) in [7, 11) is 0. The number of Topliss-reactive ketones (excluding diaryl/α,β-unsaturated/α-hetero) is 1. The van der Waals surface area contributed by atoms with Crippen LogP contribution in [0.25, 0.3) is 0 Å². The summed E-state index contributed by atoms with van der Waals surface area (Å²) in [6.45, 7) is 3.76. The van der Waals surface area contributed by atoms with Crippen LogP contribution in [0.3, 0.4) is 0 Å². The van der Waals surface area contributed by atoms with Gasteiger partial charge in [-0.1, -0.05) is 13.8 Å². The van der Waals surface area contributed by atoms with E-state index in [1.165, 1.54) is 0 Å². The van der Waals surface area contributed by atoms with E-state index in [9.17, 15) is 14.4 Å². The van der Waals surface area contributed by atoms with Gasteiger partial charge in [0.1, 0.15) is 5.78 Å². The molecule has 5 heteroatoms. The van der Waals surface area contributed by atoms with Crippen molar-refractivity contribution in [2.75, 3.05) is 0 Å². The molecular weight excluding hydrogens is 188 g/mol. The van der Waals surface area contributed by atoms with E-state index >= 15 is 0 Å². The van der Waals surface area contributed by atoms with Crippen LogP contribution in [0.5, 0.6) is 0 Å². The number of carboxylic acids is 2. The summed E-state index contributed by atoms with van der Waals surface area (Å²) in [6, 6.07) is 0. The molecule has 80 valence electrons. The van der Waals surface area contributed by atoms with Gasteiger partial charge in [-0.2, -0.15) is 0 Å². The predicted molar refractivity (Wildman–Crippen MR) is 50.0 cm³/mol. The van der Waals surface area contributed by atoms with Crippen LogP contribution in [-0.2, 0) is 14.4 Å². The lowest BCUT2D eigenvalue weighted by atomic mass is 10.3. The summed E-state index contributed by atoms with van der Waals surface area (Å²) in [5, 5.41) is 15.6. The topological polar surface area (TPSA) is 91.7 Å². The van der Waals surface area contributed by atoms with E-state index in [1.807, 2.05) is 13.8 Å². The number of carbonyl (C=O) groups excluding carboxylic acids is 1. The average Bonchev–Trinajstić information content (AvgIpc) is 2.14. The lowest BCUT2D eigenvalue weighted by Gasteiger charge is -1.81. The third-order valence-corrected chi connectivity index (χ3v) is 1.16. The summed E-state index contributed by atoms with van der Waals surface area (Å²) >= 11 is 0. The molecule has 0 heterocycles. The minimum atomic E-state index is -1.26. The summed E-state index contributed by atoms with van der Waals surface area (Å²) in [6.07, 6.45) is 2.50. The molecular formula is C9H14O5. The fraction of sp³-hybridized carbons (Fsp3) is 0.444. The number of carbonyl (C=O) groups is 3. The Morgan fingerprint density at radius 3 is 1.29 bits per heavy atom. The first-order valence-electron chi connectivity index (χ1n) is 4.09. The molecule has 0 saturated carbocycles. The van der Waals surface area contributed by atoms with Crippen molar-refractivity contribution in [3.63, 3.8) is 0 Å². The van der Waals surface area contributed by atoms with Crippen molar-refractivity contribution in [3.8, 4) is 0 Å². The Morgan fingerprint density at radius 1 is 0.929 bits per heavy atom. The average molecular weight is 202 g/mol. The Kier molecular flexibility index (Phi) is 10.0. The second-order valence-electron chi connectivity index (χ2n) is 2.26. The van der Waals surface area contributed by atoms with Crippen molar-refractivity contribution in [3.05, 3.63) is 12.2 Å². The summed E-state index contributed by atoms with van der Waals surface area (Å²) in [5.41, 5.74) is 0. The lowest BCUT2D eigenvalue weighted by Crippen LogP contribution is -1.91. The van der Waals surface area contributed by atoms with Gasteiger partial charge in [-0.3, -0.25) is 4.79 Å². The molecule has 0 fully saturated rings. The van der Waals surface area contributed by atoms with E-state index in [0.717, 1.165) is 0 Å². The highest BCUT2D eigenvalue weighted by molar-refractivity contribution is 5.89. The monoisotopic (exact) mass is 202 g/mol. The van der Waals surface area contributed by atoms with Gasteiger partial charge in [0.2, 0.25) is 0 Å². The van der Waals surface area contributed by atoms with Crippen LogP contribution >= 0.6 is 0 Å². The number of carboxylic acid groups (broad SMARTS) is 2. The first-order chi connectivity index (χ1) is 6.43. The fourth-order valence-corrected chi connectivity index (χ4v) is 0.393. The van der Waals surface area contributed by atoms with E-state index in [0.29, 0.717) is 30.8 Å². The molecule has 0 rings (SSSR count). The molecule has 0 aliphatic heterocycles. The third kappa shape index (κ3) is 16.7. The lowest BCUT2D eigenvalue weighted by molar-refractivity contribution is -0.134. The fourth-order valence-electron chi connectivity index (χ4n) is 0.393. The van der Waals surface area contributed by atoms with Crippen molar-refractivity contribution in [2.24, 2.45) is 0 Å². The van der Waals surface area contributed by atoms with Crippen LogP contribution in [0.15, 0.2) is 12.2 Å². The Morgan fingerprint density at radius 2 is 1.21 bits per heavy atom. The van der Waals surface area contributed by atoms with Crippen molar-refractivity contribution >= 4 is 17.7 Å². The Balaban J connectivity index is 0. The second-order valence-corrected chi connectivity index (χ2v) is 2.26. The van der Waals surface area contributed by atoms with E-state index in [1.54, 1.807) is 0 Å². The molecule has 0 aromatic carbocycles. The molecule has 0 atom stereocenters. The van der Waals surface area contributed by atoms with E-state index < -0.39 is 11.9 Å². The Bertz CT molecular complexity index is 207. The zero-order valence-corrected chi connectivity index (χ0v) is 8.19. The molecule has 0 aromatic heterocycles. The van der Waals surface area contributed by atoms with Crippen LogP contribution in [0.1, 0.15) is 26.7 Å². The van der Waals surface area contributed by atoms with Crippen molar-refractivity contribution in [2.45, 2.75) is 26.7 Å². The van der Waals surface area contributed by atoms with E-state index in [4.69, 9.17) is 10.2 Å². The van der Waals surface area contributed by atoms with Crippen molar-refractivity contribution < 1.29 is 24.6 Å². The van der Waals surface area contributed by atoms with Crippen LogP contribution in [0, 0.1) is 0 Å². The molecule has 0 spiro atoms. The standard InChI is InChI=1S/C5H10O.C4H4O4/c1-3-5(6)4-2;5-3(6)1-2-4(7)8/h3-4H2,1-2H3;1-2H,(H,5,6)(H,7,8). The molecule has 0 saturated heterocycles. The Hall–Kier alpha value is -1.65. The summed E-state index contributed by atoms with van der Waals surface area (Å²) in [4.78, 5) is 29.3. The summed E-state index contributed by atoms with van der Waals surface area (Å²) in [5.74, 6) is -2.17. The molecule has 14 heavy (non-hydrogen) atoms. The minimum Gasteiger partial charge on any atom is -0.478 e. The quantitative estimate of drug-likeness (QED) is 0.665. The van der Waals surface area contributed by atoms with Crippen LogP contribution < -0.4 is 0 Å². The number of rotatable bonds is 4. The largest absolute Gasteiger partial charge is 0.478 e. The number of aliphatic carboxylic acids is 2. The van der Waals surface area contributed by atoms with E-state index in [2.05, 4.69) is 0 Å². The molecule has 5 nitrogen and oxygen atoms in total. The van der Waals surface area contributed by atoms with Crippen LogP contribution in [0.2, 0.25) is 0 Å². The predicted octanol–water partition coefficient (Wildman–Crippen LogP) is 1.09. The van der Waals surface area contributed by atoms with Gasteiger partial charge in [0, 0.05) is 25.0 Å².